The number of urea groups is 1. The monoisotopic (exact) mass is 358 g/mol. The third-order valence-electron chi connectivity index (χ3n) is 3.79. The van der Waals surface area contributed by atoms with E-state index in [0.717, 1.165) is 35.7 Å². The van der Waals surface area contributed by atoms with Crippen molar-refractivity contribution in [1.82, 2.24) is 10.6 Å². The van der Waals surface area contributed by atoms with Gasteiger partial charge in [0, 0.05) is 13.1 Å². The Morgan fingerprint density at radius 3 is 1.96 bits per heavy atom. The number of carbonyl (C=O) groups excluding carboxylic acids is 1. The standard InChI is InChI=1S/C20H26N2O4/c1-24-17-6-4-16(5-7-17)12-14-22-20(23)21-13-3-15-26-19-10-8-18(25-2)9-11-19/h4-11H,3,12-15H2,1-2H3,(H2,21,22,23). The Morgan fingerprint density at radius 1 is 0.808 bits per heavy atom. The molecule has 0 heterocycles. The zero-order chi connectivity index (χ0) is 18.6. The normalized spacial score (nSPS) is 10.1. The van der Waals surface area contributed by atoms with E-state index >= 15 is 0 Å². The van der Waals surface area contributed by atoms with E-state index in [2.05, 4.69) is 10.6 Å². The van der Waals surface area contributed by atoms with Crippen molar-refractivity contribution in [2.75, 3.05) is 33.9 Å². The molecule has 140 valence electrons. The number of hydrogen-bond donors (Lipinski definition) is 2. The first-order chi connectivity index (χ1) is 12.7. The van der Waals surface area contributed by atoms with Gasteiger partial charge < -0.3 is 24.8 Å². The van der Waals surface area contributed by atoms with Gasteiger partial charge in [-0.2, -0.15) is 0 Å². The minimum atomic E-state index is -0.164. The van der Waals surface area contributed by atoms with E-state index in [0.29, 0.717) is 19.7 Å². The minimum Gasteiger partial charge on any atom is -0.497 e. The second-order valence-corrected chi connectivity index (χ2v) is 5.66. The van der Waals surface area contributed by atoms with Gasteiger partial charge in [0.05, 0.1) is 20.8 Å². The number of methoxy groups -OCH3 is 2. The smallest absolute Gasteiger partial charge is 0.314 e. The maximum Gasteiger partial charge on any atom is 0.314 e. The summed E-state index contributed by atoms with van der Waals surface area (Å²) in [5.41, 5.74) is 1.15. The molecule has 2 amide bonds. The van der Waals surface area contributed by atoms with Crippen LogP contribution in [0.2, 0.25) is 0 Å². The lowest BCUT2D eigenvalue weighted by Gasteiger charge is -2.09. The molecule has 0 fully saturated rings. The van der Waals surface area contributed by atoms with Crippen LogP contribution in [0.25, 0.3) is 0 Å². The summed E-state index contributed by atoms with van der Waals surface area (Å²) in [5.74, 6) is 2.41. The predicted octanol–water partition coefficient (Wildman–Crippen LogP) is 3.01. The summed E-state index contributed by atoms with van der Waals surface area (Å²) in [6, 6.07) is 15.1. The molecule has 2 aromatic rings. The van der Waals surface area contributed by atoms with Gasteiger partial charge in [0.15, 0.2) is 0 Å². The van der Waals surface area contributed by atoms with E-state index in [1.165, 1.54) is 0 Å². The lowest BCUT2D eigenvalue weighted by Crippen LogP contribution is -2.37. The summed E-state index contributed by atoms with van der Waals surface area (Å²) in [5, 5.41) is 5.67. The molecule has 0 bridgehead atoms. The highest BCUT2D eigenvalue weighted by Gasteiger charge is 2.01. The van der Waals surface area contributed by atoms with Crippen molar-refractivity contribution >= 4 is 6.03 Å². The Morgan fingerprint density at radius 2 is 1.35 bits per heavy atom. The van der Waals surface area contributed by atoms with Crippen molar-refractivity contribution in [1.29, 1.82) is 0 Å². The molecule has 0 aliphatic carbocycles. The molecule has 26 heavy (non-hydrogen) atoms. The Hall–Kier alpha value is -2.89. The zero-order valence-electron chi connectivity index (χ0n) is 15.3. The number of nitrogens with one attached hydrogen (secondary N) is 2. The highest BCUT2D eigenvalue weighted by molar-refractivity contribution is 5.73. The van der Waals surface area contributed by atoms with E-state index in [-0.39, 0.29) is 6.03 Å². The Labute approximate surface area is 154 Å². The van der Waals surface area contributed by atoms with Gasteiger partial charge in [0.2, 0.25) is 0 Å². The number of amides is 2. The quantitative estimate of drug-likeness (QED) is 0.641. The fourth-order valence-electron chi connectivity index (χ4n) is 2.31. The van der Waals surface area contributed by atoms with Gasteiger partial charge in [-0.15, -0.1) is 0 Å². The van der Waals surface area contributed by atoms with Gasteiger partial charge in [-0.05, 0) is 54.8 Å². The van der Waals surface area contributed by atoms with Crippen molar-refractivity contribution in [3.63, 3.8) is 0 Å². The first-order valence-electron chi connectivity index (χ1n) is 8.63. The molecule has 0 saturated heterocycles. The van der Waals surface area contributed by atoms with Crippen molar-refractivity contribution < 1.29 is 19.0 Å². The van der Waals surface area contributed by atoms with Crippen LogP contribution in [0.15, 0.2) is 48.5 Å². The van der Waals surface area contributed by atoms with E-state index in [9.17, 15) is 4.79 Å². The highest BCUT2D eigenvalue weighted by Crippen LogP contribution is 2.16. The van der Waals surface area contributed by atoms with Crippen LogP contribution in [-0.2, 0) is 6.42 Å². The fraction of sp³-hybridized carbons (Fsp3) is 0.350. The van der Waals surface area contributed by atoms with Crippen LogP contribution in [0.1, 0.15) is 12.0 Å². The van der Waals surface area contributed by atoms with Gasteiger partial charge in [0.25, 0.3) is 0 Å². The van der Waals surface area contributed by atoms with Crippen molar-refractivity contribution in [2.24, 2.45) is 0 Å². The number of ether oxygens (including phenoxy) is 3. The molecule has 0 aliphatic rings. The largest absolute Gasteiger partial charge is 0.497 e. The Bertz CT molecular complexity index is 657. The van der Waals surface area contributed by atoms with Crippen molar-refractivity contribution in [3.05, 3.63) is 54.1 Å². The lowest BCUT2D eigenvalue weighted by molar-refractivity contribution is 0.239. The maximum atomic E-state index is 11.7. The van der Waals surface area contributed by atoms with Gasteiger partial charge in [-0.25, -0.2) is 4.79 Å². The Kier molecular flexibility index (Phi) is 8.12. The van der Waals surface area contributed by atoms with Crippen LogP contribution < -0.4 is 24.8 Å². The highest BCUT2D eigenvalue weighted by atomic mass is 16.5. The summed E-state index contributed by atoms with van der Waals surface area (Å²) < 4.78 is 15.8. The van der Waals surface area contributed by atoms with Gasteiger partial charge in [0.1, 0.15) is 17.2 Å². The van der Waals surface area contributed by atoms with Crippen LogP contribution >= 0.6 is 0 Å². The maximum absolute atomic E-state index is 11.7. The number of hydrogen-bond acceptors (Lipinski definition) is 4. The molecule has 2 rings (SSSR count). The van der Waals surface area contributed by atoms with Crippen molar-refractivity contribution in [2.45, 2.75) is 12.8 Å². The van der Waals surface area contributed by atoms with Crippen LogP contribution in [-0.4, -0.2) is 39.9 Å². The molecule has 0 aromatic heterocycles. The first kappa shape index (κ1) is 19.4. The summed E-state index contributed by atoms with van der Waals surface area (Å²) in [7, 11) is 3.27. The Balaban J connectivity index is 1.52. The molecule has 2 aromatic carbocycles. The van der Waals surface area contributed by atoms with Crippen molar-refractivity contribution in [3.8, 4) is 17.2 Å². The third-order valence-corrected chi connectivity index (χ3v) is 3.79. The van der Waals surface area contributed by atoms with E-state index in [1.54, 1.807) is 14.2 Å². The number of carbonyl (C=O) groups is 1. The summed E-state index contributed by atoms with van der Waals surface area (Å²) in [6.45, 7) is 1.68. The molecule has 0 unspecified atom stereocenters. The molecule has 0 atom stereocenters. The minimum absolute atomic E-state index is 0.164. The molecule has 6 heteroatoms. The molecule has 2 N–H and O–H groups in total. The summed E-state index contributed by atoms with van der Waals surface area (Å²) in [6.07, 6.45) is 1.51. The molecule has 0 radical (unpaired) electrons. The van der Waals surface area contributed by atoms with Crippen LogP contribution in [0, 0.1) is 0 Å². The topological polar surface area (TPSA) is 68.8 Å². The summed E-state index contributed by atoms with van der Waals surface area (Å²) in [4.78, 5) is 11.7. The van der Waals surface area contributed by atoms with Crippen LogP contribution in [0.5, 0.6) is 17.2 Å². The van der Waals surface area contributed by atoms with E-state index in [4.69, 9.17) is 14.2 Å². The molecule has 0 aliphatic heterocycles. The number of benzene rings is 2. The second-order valence-electron chi connectivity index (χ2n) is 5.66. The first-order valence-corrected chi connectivity index (χ1v) is 8.63. The molecular formula is C20H26N2O4. The average Bonchev–Trinajstić information content (AvgIpc) is 2.68. The van der Waals surface area contributed by atoms with Gasteiger partial charge >= 0.3 is 6.03 Å². The summed E-state index contributed by atoms with van der Waals surface area (Å²) >= 11 is 0. The SMILES string of the molecule is COc1ccc(CCNC(=O)NCCCOc2ccc(OC)cc2)cc1. The zero-order valence-corrected chi connectivity index (χ0v) is 15.3. The third kappa shape index (κ3) is 6.93. The second kappa shape index (κ2) is 10.9. The van der Waals surface area contributed by atoms with E-state index in [1.807, 2.05) is 48.5 Å². The lowest BCUT2D eigenvalue weighted by atomic mass is 10.1. The fourth-order valence-corrected chi connectivity index (χ4v) is 2.31. The van der Waals surface area contributed by atoms with E-state index < -0.39 is 0 Å². The number of rotatable bonds is 10. The molecule has 6 nitrogen and oxygen atoms in total. The average molecular weight is 358 g/mol. The molecule has 0 saturated carbocycles. The van der Waals surface area contributed by atoms with Gasteiger partial charge in [-0.1, -0.05) is 12.1 Å². The van der Waals surface area contributed by atoms with Gasteiger partial charge in [-0.3, -0.25) is 0 Å². The molecular weight excluding hydrogens is 332 g/mol. The molecule has 0 spiro atoms. The van der Waals surface area contributed by atoms with Crippen LogP contribution in [0.3, 0.4) is 0 Å². The van der Waals surface area contributed by atoms with Crippen LogP contribution in [0.4, 0.5) is 4.79 Å². The predicted molar refractivity (Wildman–Crippen MR) is 101 cm³/mol.